The van der Waals surface area contributed by atoms with Crippen LogP contribution in [-0.2, 0) is 10.0 Å². The number of ether oxygens (including phenoxy) is 1. The molecule has 148 valence electrons. The fourth-order valence-electron chi connectivity index (χ4n) is 2.74. The average molecular weight is 420 g/mol. The number of nitrogens with zero attached hydrogens (tertiary/aromatic N) is 2. The Balaban J connectivity index is 1.85. The van der Waals surface area contributed by atoms with Crippen LogP contribution < -0.4 is 10.1 Å². The quantitative estimate of drug-likeness (QED) is 0.632. The lowest BCUT2D eigenvalue weighted by molar-refractivity contribution is 0.102. The summed E-state index contributed by atoms with van der Waals surface area (Å²) in [7, 11) is -1.98. The van der Waals surface area contributed by atoms with E-state index in [9.17, 15) is 13.2 Å². The second kappa shape index (κ2) is 8.26. The minimum Gasteiger partial charge on any atom is -0.497 e. The normalized spacial score (nSPS) is 11.7. The van der Waals surface area contributed by atoms with Crippen molar-refractivity contribution >= 4 is 42.6 Å². The summed E-state index contributed by atoms with van der Waals surface area (Å²) in [5, 5.41) is 3.17. The maximum Gasteiger partial charge on any atom is 0.257 e. The van der Waals surface area contributed by atoms with Crippen molar-refractivity contribution in [2.75, 3.05) is 25.5 Å². The van der Waals surface area contributed by atoms with Crippen LogP contribution >= 0.6 is 11.3 Å². The minimum absolute atomic E-state index is 0.223. The highest BCUT2D eigenvalue weighted by Gasteiger charge is 2.22. The summed E-state index contributed by atoms with van der Waals surface area (Å²) in [4.78, 5) is 17.0. The molecule has 0 fully saturated rings. The number of rotatable bonds is 7. The summed E-state index contributed by atoms with van der Waals surface area (Å²) >= 11 is 1.23. The summed E-state index contributed by atoms with van der Waals surface area (Å²) in [6, 6.07) is 11.5. The molecule has 7 nitrogen and oxygen atoms in total. The zero-order valence-corrected chi connectivity index (χ0v) is 17.4. The third-order valence-corrected chi connectivity index (χ3v) is 7.26. The summed E-state index contributed by atoms with van der Waals surface area (Å²) in [6.45, 7) is 4.42. The molecule has 28 heavy (non-hydrogen) atoms. The van der Waals surface area contributed by atoms with E-state index in [1.165, 1.54) is 15.6 Å². The fourth-order valence-corrected chi connectivity index (χ4v) is 5.20. The van der Waals surface area contributed by atoms with Gasteiger partial charge in [-0.05, 0) is 42.5 Å². The Morgan fingerprint density at radius 2 is 1.82 bits per heavy atom. The Labute approximate surface area is 168 Å². The third kappa shape index (κ3) is 4.01. The summed E-state index contributed by atoms with van der Waals surface area (Å²) in [5.41, 5.74) is 1.11. The number of hydrogen-bond donors (Lipinski definition) is 1. The van der Waals surface area contributed by atoms with Crippen LogP contribution in [0.3, 0.4) is 0 Å². The van der Waals surface area contributed by atoms with Gasteiger partial charge < -0.3 is 4.74 Å². The van der Waals surface area contributed by atoms with Crippen molar-refractivity contribution < 1.29 is 17.9 Å². The van der Waals surface area contributed by atoms with E-state index in [1.807, 2.05) is 0 Å². The predicted octanol–water partition coefficient (Wildman–Crippen LogP) is 3.59. The lowest BCUT2D eigenvalue weighted by Gasteiger charge is -2.18. The molecule has 9 heteroatoms. The SMILES string of the molecule is CCN(CC)S(=O)(=O)c1ccc2nc(NC(=O)c3ccc(OC)cc3)sc2c1. The number of carbonyl (C=O) groups is 1. The second-order valence-corrected chi connectivity index (χ2v) is 8.89. The number of carbonyl (C=O) groups excluding carboxylic acids is 1. The van der Waals surface area contributed by atoms with Crippen molar-refractivity contribution in [3.63, 3.8) is 0 Å². The number of hydrogen-bond acceptors (Lipinski definition) is 6. The molecule has 0 aliphatic heterocycles. The minimum atomic E-state index is -3.54. The highest BCUT2D eigenvalue weighted by molar-refractivity contribution is 7.89. The Hall–Kier alpha value is -2.49. The van der Waals surface area contributed by atoms with Crippen LogP contribution in [0.25, 0.3) is 10.2 Å². The van der Waals surface area contributed by atoms with Crippen LogP contribution in [0.15, 0.2) is 47.4 Å². The van der Waals surface area contributed by atoms with Gasteiger partial charge >= 0.3 is 0 Å². The van der Waals surface area contributed by atoms with Crippen LogP contribution in [0, 0.1) is 0 Å². The summed E-state index contributed by atoms with van der Waals surface area (Å²) in [6.07, 6.45) is 0. The zero-order valence-electron chi connectivity index (χ0n) is 15.8. The van der Waals surface area contributed by atoms with Gasteiger partial charge in [-0.3, -0.25) is 10.1 Å². The van der Waals surface area contributed by atoms with Crippen molar-refractivity contribution in [3.8, 4) is 5.75 Å². The number of sulfonamides is 1. The first kappa shape index (κ1) is 20.2. The van der Waals surface area contributed by atoms with E-state index in [1.54, 1.807) is 63.4 Å². The Kier molecular flexibility index (Phi) is 5.97. The third-order valence-electron chi connectivity index (χ3n) is 4.28. The highest BCUT2D eigenvalue weighted by atomic mass is 32.2. The van der Waals surface area contributed by atoms with Gasteiger partial charge in [-0.2, -0.15) is 4.31 Å². The molecule has 0 bridgehead atoms. The number of fused-ring (bicyclic) bond motifs is 1. The number of methoxy groups -OCH3 is 1. The average Bonchev–Trinajstić information content (AvgIpc) is 3.10. The van der Waals surface area contributed by atoms with Gasteiger partial charge in [0.2, 0.25) is 10.0 Å². The molecule has 0 aliphatic carbocycles. The van der Waals surface area contributed by atoms with Gasteiger partial charge in [0.25, 0.3) is 5.91 Å². The Bertz CT molecular complexity index is 1090. The lowest BCUT2D eigenvalue weighted by Crippen LogP contribution is -2.30. The van der Waals surface area contributed by atoms with Crippen molar-refractivity contribution in [3.05, 3.63) is 48.0 Å². The van der Waals surface area contributed by atoms with E-state index in [2.05, 4.69) is 10.3 Å². The molecule has 1 aromatic heterocycles. The molecule has 0 atom stereocenters. The smallest absolute Gasteiger partial charge is 0.257 e. The molecule has 3 rings (SSSR count). The number of benzene rings is 2. The maximum atomic E-state index is 12.7. The number of anilines is 1. The molecule has 1 amide bonds. The van der Waals surface area contributed by atoms with Crippen molar-refractivity contribution in [2.24, 2.45) is 0 Å². The molecule has 1 N–H and O–H groups in total. The van der Waals surface area contributed by atoms with Gasteiger partial charge in [0.15, 0.2) is 5.13 Å². The Morgan fingerprint density at radius 3 is 2.43 bits per heavy atom. The summed E-state index contributed by atoms with van der Waals surface area (Å²) < 4.78 is 32.6. The predicted molar refractivity (Wildman–Crippen MR) is 111 cm³/mol. The molecular formula is C19H21N3O4S2. The molecule has 3 aromatic rings. The molecule has 0 unspecified atom stereocenters. The standard InChI is InChI=1S/C19H21N3O4S2/c1-4-22(5-2)28(24,25)15-10-11-16-17(12-15)27-19(20-16)21-18(23)13-6-8-14(26-3)9-7-13/h6-12H,4-5H2,1-3H3,(H,20,21,23). The van der Waals surface area contributed by atoms with Crippen LogP contribution in [-0.4, -0.2) is 43.8 Å². The number of thiazole rings is 1. The molecule has 2 aromatic carbocycles. The second-order valence-electron chi connectivity index (χ2n) is 5.92. The first-order valence-electron chi connectivity index (χ1n) is 8.75. The molecule has 1 heterocycles. The first-order chi connectivity index (χ1) is 13.4. The van der Waals surface area contributed by atoms with Crippen LogP contribution in [0.5, 0.6) is 5.75 Å². The largest absolute Gasteiger partial charge is 0.497 e. The van der Waals surface area contributed by atoms with Gasteiger partial charge in [-0.1, -0.05) is 25.2 Å². The Morgan fingerprint density at radius 1 is 1.14 bits per heavy atom. The van der Waals surface area contributed by atoms with Crippen LogP contribution in [0.2, 0.25) is 0 Å². The van der Waals surface area contributed by atoms with E-state index in [-0.39, 0.29) is 10.8 Å². The molecule has 0 radical (unpaired) electrons. The van der Waals surface area contributed by atoms with E-state index >= 15 is 0 Å². The van der Waals surface area contributed by atoms with Gasteiger partial charge in [-0.25, -0.2) is 13.4 Å². The molecule has 0 aliphatic rings. The first-order valence-corrected chi connectivity index (χ1v) is 11.0. The number of nitrogens with one attached hydrogen (secondary N) is 1. The van der Waals surface area contributed by atoms with Gasteiger partial charge in [-0.15, -0.1) is 0 Å². The van der Waals surface area contributed by atoms with E-state index in [0.29, 0.717) is 39.8 Å². The molecular weight excluding hydrogens is 398 g/mol. The zero-order chi connectivity index (χ0) is 20.3. The summed E-state index contributed by atoms with van der Waals surface area (Å²) in [5.74, 6) is 0.371. The van der Waals surface area contributed by atoms with E-state index < -0.39 is 10.0 Å². The number of aromatic nitrogens is 1. The number of amides is 1. The van der Waals surface area contributed by atoms with Gasteiger partial charge in [0.1, 0.15) is 5.75 Å². The fraction of sp³-hybridized carbons (Fsp3) is 0.263. The van der Waals surface area contributed by atoms with Crippen molar-refractivity contribution in [1.82, 2.24) is 9.29 Å². The lowest BCUT2D eigenvalue weighted by atomic mass is 10.2. The van der Waals surface area contributed by atoms with Crippen LogP contribution in [0.4, 0.5) is 5.13 Å². The van der Waals surface area contributed by atoms with E-state index in [4.69, 9.17) is 4.74 Å². The van der Waals surface area contributed by atoms with Gasteiger partial charge in [0.05, 0.1) is 22.2 Å². The molecule has 0 saturated carbocycles. The van der Waals surface area contributed by atoms with Crippen LogP contribution in [0.1, 0.15) is 24.2 Å². The van der Waals surface area contributed by atoms with Crippen molar-refractivity contribution in [1.29, 1.82) is 0 Å². The molecule has 0 saturated heterocycles. The maximum absolute atomic E-state index is 12.7. The van der Waals surface area contributed by atoms with Gasteiger partial charge in [0, 0.05) is 18.7 Å². The van der Waals surface area contributed by atoms with E-state index in [0.717, 1.165) is 0 Å². The highest BCUT2D eigenvalue weighted by Crippen LogP contribution is 2.29. The topological polar surface area (TPSA) is 88.6 Å². The molecule has 0 spiro atoms. The monoisotopic (exact) mass is 419 g/mol. The van der Waals surface area contributed by atoms with Crippen molar-refractivity contribution in [2.45, 2.75) is 18.7 Å².